The van der Waals surface area contributed by atoms with Crippen LogP contribution in [0.3, 0.4) is 0 Å². The highest BCUT2D eigenvalue weighted by Gasteiger charge is 2.26. The number of halogens is 6. The number of carboxylic acid groups (broad SMARTS) is 1. The molecule has 5 rings (SSSR count). The number of carbonyl (C=O) groups excluding carboxylic acids is 2. The Bertz CT molecular complexity index is 2470. The molecule has 1 heterocycles. The monoisotopic (exact) mass is 858 g/mol. The van der Waals surface area contributed by atoms with Crippen LogP contribution in [0.1, 0.15) is 38.0 Å². The van der Waals surface area contributed by atoms with Crippen molar-refractivity contribution in [1.29, 1.82) is 0 Å². The molecule has 0 saturated heterocycles. The van der Waals surface area contributed by atoms with Crippen LogP contribution in [0.5, 0.6) is 33.8 Å². The molecule has 22 heteroatoms. The van der Waals surface area contributed by atoms with E-state index in [0.29, 0.717) is 17.4 Å². The number of amides is 1. The fraction of sp³-hybridized carbons (Fsp3) is 0.167. The minimum atomic E-state index is -3.43. The van der Waals surface area contributed by atoms with Gasteiger partial charge < -0.3 is 33.9 Å². The van der Waals surface area contributed by atoms with E-state index in [1.165, 1.54) is 49.6 Å². The van der Waals surface area contributed by atoms with Crippen molar-refractivity contribution in [2.75, 3.05) is 32.4 Å². The van der Waals surface area contributed by atoms with Crippen LogP contribution < -0.4 is 19.5 Å². The third-order valence-corrected chi connectivity index (χ3v) is 9.08. The number of rotatable bonds is 13. The topological polar surface area (TPSA) is 197 Å². The molecule has 5 aromatic rings. The first kappa shape index (κ1) is 44.3. The molecule has 0 radical (unpaired) electrons. The molecule has 0 spiro atoms. The highest BCUT2D eigenvalue weighted by Crippen LogP contribution is 2.36. The first-order chi connectivity index (χ1) is 27.2. The van der Waals surface area contributed by atoms with Crippen LogP contribution in [0.25, 0.3) is 0 Å². The van der Waals surface area contributed by atoms with Crippen molar-refractivity contribution >= 4 is 44.2 Å². The lowest BCUT2D eigenvalue weighted by atomic mass is 10.2. The maximum Gasteiger partial charge on any atom is 0.341 e. The van der Waals surface area contributed by atoms with Crippen molar-refractivity contribution in [1.82, 2.24) is 4.98 Å². The summed E-state index contributed by atoms with van der Waals surface area (Å²) in [6.07, 6.45) is 1.65. The van der Waals surface area contributed by atoms with Gasteiger partial charge in [0.15, 0.2) is 44.0 Å². The fourth-order valence-electron chi connectivity index (χ4n) is 4.53. The van der Waals surface area contributed by atoms with Gasteiger partial charge in [-0.1, -0.05) is 11.3 Å². The van der Waals surface area contributed by atoms with Crippen LogP contribution >= 0.6 is 11.3 Å². The number of hydrogen-bond acceptors (Lipinski definition) is 13. The molecule has 0 aliphatic carbocycles. The molecule has 0 aliphatic rings. The van der Waals surface area contributed by atoms with Crippen LogP contribution in [-0.2, 0) is 19.3 Å². The van der Waals surface area contributed by atoms with Crippen LogP contribution in [0, 0.1) is 34.9 Å². The van der Waals surface area contributed by atoms with E-state index in [0.717, 1.165) is 19.6 Å². The Morgan fingerprint density at radius 1 is 0.828 bits per heavy atom. The number of phenolic OH excluding ortho intramolecular Hbond substituents is 1. The molecule has 0 aliphatic heterocycles. The Morgan fingerprint density at radius 3 is 2.05 bits per heavy atom. The van der Waals surface area contributed by atoms with E-state index in [-0.39, 0.29) is 50.6 Å². The number of thiazole rings is 1. The number of methoxy groups -OCH3 is 2. The fourth-order valence-corrected chi connectivity index (χ4v) is 5.83. The van der Waals surface area contributed by atoms with Crippen LogP contribution in [0.4, 0.5) is 31.5 Å². The number of aromatic carboxylic acids is 1. The summed E-state index contributed by atoms with van der Waals surface area (Å²) in [7, 11) is -0.988. The Balaban J connectivity index is 0.000000448. The van der Waals surface area contributed by atoms with Crippen molar-refractivity contribution < 1.29 is 83.0 Å². The van der Waals surface area contributed by atoms with Gasteiger partial charge in [-0.15, -0.1) is 0 Å². The summed E-state index contributed by atoms with van der Waals surface area (Å²) in [5.74, 6) is -15.7. The molecule has 58 heavy (non-hydrogen) atoms. The number of hydrogen-bond donors (Lipinski definition) is 3. The molecule has 0 saturated carbocycles. The molecule has 0 unspecified atom stereocenters. The number of anilines is 1. The number of aromatic nitrogens is 1. The van der Waals surface area contributed by atoms with Gasteiger partial charge in [0, 0.05) is 25.0 Å². The predicted molar refractivity (Wildman–Crippen MR) is 191 cm³/mol. The zero-order valence-corrected chi connectivity index (χ0v) is 31.7. The average molecular weight is 859 g/mol. The number of carboxylic acids is 1. The summed E-state index contributed by atoms with van der Waals surface area (Å²) < 4.78 is 130. The largest absolute Gasteiger partial charge is 0.503 e. The second-order valence-corrected chi connectivity index (χ2v) is 14.5. The average Bonchev–Trinajstić information content (AvgIpc) is 3.61. The van der Waals surface area contributed by atoms with Gasteiger partial charge in [-0.05, 0) is 55.5 Å². The van der Waals surface area contributed by atoms with E-state index in [1.54, 1.807) is 6.92 Å². The molecule has 0 fully saturated rings. The first-order valence-corrected chi connectivity index (χ1v) is 18.5. The van der Waals surface area contributed by atoms with Crippen LogP contribution in [0.15, 0.2) is 65.7 Å². The lowest BCUT2D eigenvalue weighted by Crippen LogP contribution is -2.18. The van der Waals surface area contributed by atoms with Gasteiger partial charge in [-0.3, -0.25) is 10.1 Å². The molecule has 0 bridgehead atoms. The summed E-state index contributed by atoms with van der Waals surface area (Å²) in [4.78, 5) is 39.1. The summed E-state index contributed by atoms with van der Waals surface area (Å²) in [5, 5.41) is 19.9. The summed E-state index contributed by atoms with van der Waals surface area (Å²) in [6.45, 7) is 1.98. The highest BCUT2D eigenvalue weighted by molar-refractivity contribution is 7.90. The Labute approximate surface area is 328 Å². The van der Waals surface area contributed by atoms with E-state index >= 15 is 0 Å². The van der Waals surface area contributed by atoms with Crippen LogP contribution in [0.2, 0.25) is 0 Å². The van der Waals surface area contributed by atoms with E-state index in [1.807, 2.05) is 0 Å². The zero-order chi connectivity index (χ0) is 43.1. The third kappa shape index (κ3) is 10.9. The Hall–Kier alpha value is -6.39. The standard InChI is InChI=1S/C28H23F3N2O9S2.C8H5F3O3/c1-14(13-39-2)40-17-8-15(9-18(10-17)41-16-4-6-19(7-5-16)44(3,37)38)26(34)33-28-32-12-22(43-28)42-25-23(30)20(27(35)36)11-21(29)24(25)31;1-14-8(13)3-2-4(9)6(11)7(12)5(3)10/h4-12,14H,13H2,1-3H3,(H,35,36)(H,32,33,34);2,12H,1H3/t14-;/m0./s1. The Kier molecular flexibility index (Phi) is 14.3. The molecule has 14 nitrogen and oxygen atoms in total. The van der Waals surface area contributed by atoms with Gasteiger partial charge in [-0.2, -0.15) is 8.78 Å². The maximum atomic E-state index is 14.5. The number of nitrogens with one attached hydrogen (secondary N) is 1. The van der Waals surface area contributed by atoms with Crippen molar-refractivity contribution in [2.45, 2.75) is 17.9 Å². The number of aromatic hydroxyl groups is 1. The second kappa shape index (κ2) is 18.7. The van der Waals surface area contributed by atoms with Crippen molar-refractivity contribution in [2.24, 2.45) is 0 Å². The summed E-state index contributed by atoms with van der Waals surface area (Å²) in [5.41, 5.74) is -1.95. The van der Waals surface area contributed by atoms with Crippen molar-refractivity contribution in [3.63, 3.8) is 0 Å². The summed E-state index contributed by atoms with van der Waals surface area (Å²) >= 11 is 0.623. The maximum absolute atomic E-state index is 14.5. The zero-order valence-electron chi connectivity index (χ0n) is 30.1. The third-order valence-electron chi connectivity index (χ3n) is 7.16. The molecule has 1 atom stereocenters. The van der Waals surface area contributed by atoms with E-state index in [4.69, 9.17) is 29.2 Å². The number of benzene rings is 4. The van der Waals surface area contributed by atoms with Gasteiger partial charge in [-0.25, -0.2) is 40.6 Å². The number of phenols is 1. The predicted octanol–water partition coefficient (Wildman–Crippen LogP) is 7.51. The molecular formula is C36H28F6N2O12S2. The molecule has 308 valence electrons. The SMILES string of the molecule is COC(=O)c1cc(F)c(F)c(O)c1F.COC[C@H](C)Oc1cc(Oc2ccc(S(C)(=O)=O)cc2)cc(C(=O)Nc2ncc(Oc3c(F)c(F)cc(C(=O)O)c3F)s2)c1. The smallest absolute Gasteiger partial charge is 0.341 e. The molecule has 3 N–H and O–H groups in total. The Morgan fingerprint density at radius 2 is 1.45 bits per heavy atom. The van der Waals surface area contributed by atoms with Gasteiger partial charge in [0.25, 0.3) is 5.91 Å². The minimum absolute atomic E-state index is 0.0425. The molecule has 1 amide bonds. The van der Waals surface area contributed by atoms with Gasteiger partial charge >= 0.3 is 11.9 Å². The van der Waals surface area contributed by atoms with Crippen LogP contribution in [-0.4, -0.2) is 74.6 Å². The van der Waals surface area contributed by atoms with Gasteiger partial charge in [0.1, 0.15) is 34.5 Å². The number of nitrogens with zero attached hydrogens (tertiary/aromatic N) is 1. The van der Waals surface area contributed by atoms with E-state index in [9.17, 15) is 49.1 Å². The second-order valence-electron chi connectivity index (χ2n) is 11.5. The number of esters is 1. The number of sulfone groups is 1. The van der Waals surface area contributed by atoms with Crippen molar-refractivity contribution in [3.05, 3.63) is 112 Å². The van der Waals surface area contributed by atoms with Crippen molar-refractivity contribution in [3.8, 4) is 33.8 Å². The summed E-state index contributed by atoms with van der Waals surface area (Å²) in [6, 6.07) is 10.4. The molecular weight excluding hydrogens is 831 g/mol. The lowest BCUT2D eigenvalue weighted by Gasteiger charge is -2.16. The number of ether oxygens (including phenoxy) is 5. The van der Waals surface area contributed by atoms with Gasteiger partial charge in [0.2, 0.25) is 22.4 Å². The molecule has 4 aromatic carbocycles. The lowest BCUT2D eigenvalue weighted by molar-refractivity contribution is 0.0592. The van der Waals surface area contributed by atoms with E-state index in [2.05, 4.69) is 15.0 Å². The quantitative estimate of drug-likeness (QED) is 0.0598. The number of carbonyl (C=O) groups is 3. The first-order valence-electron chi connectivity index (χ1n) is 15.8. The van der Waals surface area contributed by atoms with Gasteiger partial charge in [0.05, 0.1) is 24.8 Å². The normalized spacial score (nSPS) is 11.5. The minimum Gasteiger partial charge on any atom is -0.503 e. The van der Waals surface area contributed by atoms with E-state index < -0.39 is 91.3 Å². The molecule has 1 aromatic heterocycles. The highest BCUT2D eigenvalue weighted by atomic mass is 32.2.